The van der Waals surface area contributed by atoms with Crippen LogP contribution in [0.15, 0.2) is 30.3 Å². The van der Waals surface area contributed by atoms with Crippen LogP contribution >= 0.6 is 11.3 Å². The maximum Gasteiger partial charge on any atom is 0.153 e. The summed E-state index contributed by atoms with van der Waals surface area (Å²) in [4.78, 5) is 5.56. The van der Waals surface area contributed by atoms with Crippen LogP contribution < -0.4 is 0 Å². The summed E-state index contributed by atoms with van der Waals surface area (Å²) in [6.07, 6.45) is 1.03. The molecule has 0 aliphatic heterocycles. The van der Waals surface area contributed by atoms with Crippen molar-refractivity contribution in [1.29, 1.82) is 0 Å². The van der Waals surface area contributed by atoms with Crippen LogP contribution in [0.1, 0.15) is 11.8 Å². The van der Waals surface area contributed by atoms with Gasteiger partial charge in [0, 0.05) is 10.4 Å². The number of hydrogen-bond donors (Lipinski definition) is 0. The Bertz CT molecular complexity index is 378. The average molecular weight is 188 g/mol. The molecule has 1 heterocycles. The van der Waals surface area contributed by atoms with Crippen molar-refractivity contribution < 1.29 is 0 Å². The Morgan fingerprint density at radius 2 is 2.08 bits per heavy atom. The highest BCUT2D eigenvalue weighted by Gasteiger charge is 2.05. The van der Waals surface area contributed by atoms with Gasteiger partial charge in [-0.05, 0) is 6.42 Å². The molecule has 2 heteroatoms. The Morgan fingerprint density at radius 1 is 1.31 bits per heavy atom. The zero-order valence-electron chi connectivity index (χ0n) is 7.45. The predicted octanol–water partition coefficient (Wildman–Crippen LogP) is 3.17. The Hall–Kier alpha value is -1.15. The van der Waals surface area contributed by atoms with E-state index in [9.17, 15) is 0 Å². The first kappa shape index (κ1) is 8.45. The molecule has 0 aliphatic carbocycles. The fraction of sp³-hybridized carbons (Fsp3) is 0.182. The van der Waals surface area contributed by atoms with Crippen LogP contribution in [0.4, 0.5) is 0 Å². The maximum absolute atomic E-state index is 4.25. The van der Waals surface area contributed by atoms with Crippen LogP contribution in [-0.2, 0) is 6.42 Å². The molecule has 0 bridgehead atoms. The van der Waals surface area contributed by atoms with E-state index >= 15 is 0 Å². The molecule has 0 spiro atoms. The van der Waals surface area contributed by atoms with Gasteiger partial charge in [0.15, 0.2) is 5.51 Å². The first-order valence-corrected chi connectivity index (χ1v) is 5.14. The van der Waals surface area contributed by atoms with Crippen molar-refractivity contribution >= 4 is 11.3 Å². The Balaban J connectivity index is 2.47. The summed E-state index contributed by atoms with van der Waals surface area (Å²) in [5.41, 5.74) is 5.22. The first-order chi connectivity index (χ1) is 6.42. The Labute approximate surface area is 82.1 Å². The SMILES string of the molecule is CCc1s[c]nc1-c1ccccc1. The summed E-state index contributed by atoms with van der Waals surface area (Å²) in [6.45, 7) is 2.15. The smallest absolute Gasteiger partial charge is 0.153 e. The summed E-state index contributed by atoms with van der Waals surface area (Å²) in [7, 11) is 0. The molecule has 0 fully saturated rings. The number of aromatic nitrogens is 1. The normalized spacial score (nSPS) is 10.2. The molecule has 13 heavy (non-hydrogen) atoms. The molecule has 1 radical (unpaired) electrons. The second-order valence-corrected chi connectivity index (χ2v) is 3.68. The second-order valence-electron chi connectivity index (χ2n) is 2.80. The van der Waals surface area contributed by atoms with Gasteiger partial charge < -0.3 is 0 Å². The summed E-state index contributed by atoms with van der Waals surface area (Å²) >= 11 is 1.61. The monoisotopic (exact) mass is 188 g/mol. The fourth-order valence-corrected chi connectivity index (χ4v) is 1.95. The minimum Gasteiger partial charge on any atom is -0.233 e. The molecule has 2 rings (SSSR count). The van der Waals surface area contributed by atoms with E-state index in [1.807, 2.05) is 18.2 Å². The van der Waals surface area contributed by atoms with E-state index in [2.05, 4.69) is 29.6 Å². The van der Waals surface area contributed by atoms with E-state index in [1.54, 1.807) is 11.3 Å². The zero-order valence-corrected chi connectivity index (χ0v) is 8.27. The minimum absolute atomic E-state index is 1.03. The van der Waals surface area contributed by atoms with Crippen LogP contribution in [0.25, 0.3) is 11.3 Å². The van der Waals surface area contributed by atoms with Gasteiger partial charge in [0.05, 0.1) is 5.69 Å². The number of rotatable bonds is 2. The number of hydrogen-bond acceptors (Lipinski definition) is 2. The zero-order chi connectivity index (χ0) is 9.10. The van der Waals surface area contributed by atoms with E-state index in [0.717, 1.165) is 12.1 Å². The van der Waals surface area contributed by atoms with Crippen molar-refractivity contribution in [2.75, 3.05) is 0 Å². The molecule has 0 saturated heterocycles. The molecule has 0 amide bonds. The number of aryl methyl sites for hydroxylation is 1. The largest absolute Gasteiger partial charge is 0.233 e. The van der Waals surface area contributed by atoms with E-state index < -0.39 is 0 Å². The molecule has 1 aromatic heterocycles. The van der Waals surface area contributed by atoms with Crippen molar-refractivity contribution in [3.05, 3.63) is 40.7 Å². The van der Waals surface area contributed by atoms with Crippen LogP contribution in [0.2, 0.25) is 0 Å². The van der Waals surface area contributed by atoms with Crippen LogP contribution in [0, 0.1) is 5.51 Å². The topological polar surface area (TPSA) is 12.9 Å². The summed E-state index contributed by atoms with van der Waals surface area (Å²) in [5, 5.41) is 0. The predicted molar refractivity (Wildman–Crippen MR) is 55.8 cm³/mol. The highest BCUT2D eigenvalue weighted by atomic mass is 32.1. The van der Waals surface area contributed by atoms with Gasteiger partial charge in [-0.25, -0.2) is 4.98 Å². The third-order valence-electron chi connectivity index (χ3n) is 1.96. The minimum atomic E-state index is 1.03. The molecule has 0 unspecified atom stereocenters. The lowest BCUT2D eigenvalue weighted by atomic mass is 10.1. The maximum atomic E-state index is 4.25. The standard InChI is InChI=1S/C11H10NS/c1-2-10-11(12-8-13-10)9-6-4-3-5-7-9/h3-7H,2H2,1H3. The molecule has 1 nitrogen and oxygen atoms in total. The lowest BCUT2D eigenvalue weighted by molar-refractivity contribution is 1.17. The summed E-state index contributed by atoms with van der Waals surface area (Å²) in [5.74, 6) is 0. The van der Waals surface area contributed by atoms with Crippen molar-refractivity contribution in [3.8, 4) is 11.3 Å². The Morgan fingerprint density at radius 3 is 2.77 bits per heavy atom. The molecular formula is C11H10NS. The van der Waals surface area contributed by atoms with Crippen LogP contribution in [0.3, 0.4) is 0 Å². The van der Waals surface area contributed by atoms with Gasteiger partial charge in [-0.1, -0.05) is 37.3 Å². The number of thiazole rings is 1. The molecule has 0 atom stereocenters. The van der Waals surface area contributed by atoms with Gasteiger partial charge in [-0.2, -0.15) is 0 Å². The average Bonchev–Trinajstić information content (AvgIpc) is 2.67. The molecular weight excluding hydrogens is 178 g/mol. The van der Waals surface area contributed by atoms with Crippen LogP contribution in [-0.4, -0.2) is 4.98 Å². The first-order valence-electron chi connectivity index (χ1n) is 4.33. The lowest BCUT2D eigenvalue weighted by Crippen LogP contribution is -1.82. The molecule has 0 saturated carbocycles. The molecule has 65 valence electrons. The lowest BCUT2D eigenvalue weighted by Gasteiger charge is -1.98. The van der Waals surface area contributed by atoms with E-state index in [4.69, 9.17) is 0 Å². The van der Waals surface area contributed by atoms with Crippen molar-refractivity contribution in [2.24, 2.45) is 0 Å². The highest BCUT2D eigenvalue weighted by Crippen LogP contribution is 2.24. The third-order valence-corrected chi connectivity index (χ3v) is 2.87. The molecule has 2 aromatic rings. The van der Waals surface area contributed by atoms with Crippen molar-refractivity contribution in [1.82, 2.24) is 4.98 Å². The van der Waals surface area contributed by atoms with Gasteiger partial charge >= 0.3 is 0 Å². The molecule has 0 N–H and O–H groups in total. The van der Waals surface area contributed by atoms with Crippen LogP contribution in [0.5, 0.6) is 0 Å². The van der Waals surface area contributed by atoms with E-state index in [1.165, 1.54) is 10.4 Å². The van der Waals surface area contributed by atoms with Crippen molar-refractivity contribution in [3.63, 3.8) is 0 Å². The summed E-state index contributed by atoms with van der Waals surface area (Å²) < 4.78 is 0. The number of nitrogens with zero attached hydrogens (tertiary/aromatic N) is 1. The van der Waals surface area contributed by atoms with Gasteiger partial charge in [0.1, 0.15) is 0 Å². The second kappa shape index (κ2) is 3.71. The highest BCUT2D eigenvalue weighted by molar-refractivity contribution is 7.09. The van der Waals surface area contributed by atoms with Gasteiger partial charge in [-0.15, -0.1) is 11.3 Å². The quantitative estimate of drug-likeness (QED) is 0.705. The van der Waals surface area contributed by atoms with E-state index in [0.29, 0.717) is 0 Å². The van der Waals surface area contributed by atoms with Gasteiger partial charge in [0.2, 0.25) is 0 Å². The van der Waals surface area contributed by atoms with E-state index in [-0.39, 0.29) is 0 Å². The Kier molecular flexibility index (Phi) is 2.41. The number of benzene rings is 1. The summed E-state index contributed by atoms with van der Waals surface area (Å²) in [6, 6.07) is 10.3. The molecule has 0 aliphatic rings. The molecule has 1 aromatic carbocycles. The van der Waals surface area contributed by atoms with Crippen molar-refractivity contribution in [2.45, 2.75) is 13.3 Å². The van der Waals surface area contributed by atoms with Gasteiger partial charge in [-0.3, -0.25) is 0 Å². The fourth-order valence-electron chi connectivity index (χ4n) is 1.30. The van der Waals surface area contributed by atoms with Gasteiger partial charge in [0.25, 0.3) is 0 Å². The third kappa shape index (κ3) is 1.63.